The van der Waals surface area contributed by atoms with Gasteiger partial charge < -0.3 is 20.1 Å². The van der Waals surface area contributed by atoms with E-state index in [2.05, 4.69) is 5.32 Å². The minimum Gasteiger partial charge on any atom is -0.481 e. The van der Waals surface area contributed by atoms with Crippen LogP contribution in [0.4, 0.5) is 4.79 Å². The van der Waals surface area contributed by atoms with Crippen LogP contribution >= 0.6 is 0 Å². The van der Waals surface area contributed by atoms with Crippen LogP contribution in [0.25, 0.3) is 0 Å². The first-order chi connectivity index (χ1) is 8.92. The minimum atomic E-state index is -0.779. The zero-order valence-electron chi connectivity index (χ0n) is 11.9. The highest BCUT2D eigenvalue weighted by molar-refractivity contribution is 5.77. The lowest BCUT2D eigenvalue weighted by molar-refractivity contribution is -0.150. The topological polar surface area (TPSA) is 78.9 Å². The first-order valence-electron chi connectivity index (χ1n) is 6.70. The first-order valence-corrected chi connectivity index (χ1v) is 6.70. The van der Waals surface area contributed by atoms with E-state index in [1.165, 1.54) is 0 Å². The number of carboxylic acids is 1. The lowest BCUT2D eigenvalue weighted by atomic mass is 9.80. The van der Waals surface area contributed by atoms with Crippen molar-refractivity contribution in [1.29, 1.82) is 0 Å². The standard InChI is InChI=1S/C13H24N2O4/c1-4-10(9-19-3)14-12(18)15-7-5-13(2,6-8-15)11(16)17/h10H,4-9H2,1-3H3,(H,14,18)(H,16,17). The van der Waals surface area contributed by atoms with Crippen molar-refractivity contribution in [3.63, 3.8) is 0 Å². The van der Waals surface area contributed by atoms with Crippen LogP contribution in [0.15, 0.2) is 0 Å². The summed E-state index contributed by atoms with van der Waals surface area (Å²) >= 11 is 0. The Hall–Kier alpha value is -1.30. The Bertz CT molecular complexity index is 325. The van der Waals surface area contributed by atoms with Crippen LogP contribution in [0, 0.1) is 5.41 Å². The van der Waals surface area contributed by atoms with Crippen molar-refractivity contribution in [3.8, 4) is 0 Å². The summed E-state index contributed by atoms with van der Waals surface area (Å²) in [6.07, 6.45) is 1.80. The summed E-state index contributed by atoms with van der Waals surface area (Å²) in [7, 11) is 1.61. The Morgan fingerprint density at radius 3 is 2.42 bits per heavy atom. The van der Waals surface area contributed by atoms with E-state index >= 15 is 0 Å². The van der Waals surface area contributed by atoms with Crippen LogP contribution in [0.1, 0.15) is 33.1 Å². The highest BCUT2D eigenvalue weighted by atomic mass is 16.5. The number of amides is 2. The van der Waals surface area contributed by atoms with Gasteiger partial charge in [0.2, 0.25) is 0 Å². The monoisotopic (exact) mass is 272 g/mol. The highest BCUT2D eigenvalue weighted by Gasteiger charge is 2.38. The summed E-state index contributed by atoms with van der Waals surface area (Å²) in [5.41, 5.74) is -0.701. The van der Waals surface area contributed by atoms with Gasteiger partial charge in [-0.3, -0.25) is 4.79 Å². The Morgan fingerprint density at radius 2 is 2.00 bits per heavy atom. The Morgan fingerprint density at radius 1 is 1.42 bits per heavy atom. The molecule has 1 rings (SSSR count). The average Bonchev–Trinajstić information content (AvgIpc) is 2.38. The van der Waals surface area contributed by atoms with Crippen LogP contribution in [-0.2, 0) is 9.53 Å². The summed E-state index contributed by atoms with van der Waals surface area (Å²) in [5, 5.41) is 12.0. The third-order valence-electron chi connectivity index (χ3n) is 3.86. The van der Waals surface area contributed by atoms with E-state index in [4.69, 9.17) is 9.84 Å². The molecule has 0 bridgehead atoms. The van der Waals surface area contributed by atoms with E-state index in [1.807, 2.05) is 6.92 Å². The molecule has 1 heterocycles. The van der Waals surface area contributed by atoms with Crippen LogP contribution in [0.2, 0.25) is 0 Å². The van der Waals surface area contributed by atoms with Gasteiger partial charge in [-0.25, -0.2) is 4.79 Å². The number of carbonyl (C=O) groups is 2. The maximum atomic E-state index is 12.0. The molecule has 0 saturated carbocycles. The van der Waals surface area contributed by atoms with Crippen molar-refractivity contribution in [2.75, 3.05) is 26.8 Å². The molecule has 0 radical (unpaired) electrons. The number of nitrogens with one attached hydrogen (secondary N) is 1. The largest absolute Gasteiger partial charge is 0.481 e. The smallest absolute Gasteiger partial charge is 0.317 e. The van der Waals surface area contributed by atoms with Crippen molar-refractivity contribution < 1.29 is 19.4 Å². The van der Waals surface area contributed by atoms with Gasteiger partial charge in [-0.15, -0.1) is 0 Å². The Labute approximate surface area is 114 Å². The molecule has 1 atom stereocenters. The lowest BCUT2D eigenvalue weighted by Crippen LogP contribution is -2.51. The van der Waals surface area contributed by atoms with Crippen LogP contribution in [-0.4, -0.2) is 54.9 Å². The van der Waals surface area contributed by atoms with Gasteiger partial charge in [0.1, 0.15) is 0 Å². The number of piperidine rings is 1. The number of ether oxygens (including phenoxy) is 1. The van der Waals surface area contributed by atoms with Gasteiger partial charge in [-0.05, 0) is 26.2 Å². The molecule has 6 heteroatoms. The molecule has 1 unspecified atom stereocenters. The number of likely N-dealkylation sites (tertiary alicyclic amines) is 1. The van der Waals surface area contributed by atoms with Gasteiger partial charge in [0.15, 0.2) is 0 Å². The third-order valence-corrected chi connectivity index (χ3v) is 3.86. The van der Waals surface area contributed by atoms with Crippen LogP contribution < -0.4 is 5.32 Å². The second-order valence-corrected chi connectivity index (χ2v) is 5.36. The molecule has 1 saturated heterocycles. The van der Waals surface area contributed by atoms with Crippen LogP contribution in [0.5, 0.6) is 0 Å². The summed E-state index contributed by atoms with van der Waals surface area (Å²) in [6, 6.07) is -0.123. The van der Waals surface area contributed by atoms with E-state index in [0.717, 1.165) is 6.42 Å². The van der Waals surface area contributed by atoms with Crippen LogP contribution in [0.3, 0.4) is 0 Å². The normalized spacial score (nSPS) is 19.8. The maximum Gasteiger partial charge on any atom is 0.317 e. The van der Waals surface area contributed by atoms with E-state index < -0.39 is 11.4 Å². The lowest BCUT2D eigenvalue weighted by Gasteiger charge is -2.37. The number of carboxylic acid groups (broad SMARTS) is 1. The minimum absolute atomic E-state index is 0.00489. The Balaban J connectivity index is 2.46. The molecule has 19 heavy (non-hydrogen) atoms. The number of hydrogen-bond acceptors (Lipinski definition) is 3. The molecule has 0 aromatic heterocycles. The van der Waals surface area contributed by atoms with Crippen molar-refractivity contribution in [3.05, 3.63) is 0 Å². The molecule has 0 spiro atoms. The van der Waals surface area contributed by atoms with Crippen molar-refractivity contribution in [1.82, 2.24) is 10.2 Å². The highest BCUT2D eigenvalue weighted by Crippen LogP contribution is 2.30. The fourth-order valence-electron chi connectivity index (χ4n) is 2.15. The number of carbonyl (C=O) groups excluding carboxylic acids is 1. The van der Waals surface area contributed by atoms with Gasteiger partial charge in [0.05, 0.1) is 18.1 Å². The molecule has 0 aliphatic carbocycles. The molecule has 2 amide bonds. The number of hydrogen-bond donors (Lipinski definition) is 2. The summed E-state index contributed by atoms with van der Waals surface area (Å²) in [4.78, 5) is 24.8. The first kappa shape index (κ1) is 15.8. The van der Waals surface area contributed by atoms with Gasteiger partial charge in [-0.2, -0.15) is 0 Å². The van der Waals surface area contributed by atoms with Gasteiger partial charge in [0, 0.05) is 20.2 Å². The second kappa shape index (κ2) is 6.75. The van der Waals surface area contributed by atoms with E-state index in [1.54, 1.807) is 18.9 Å². The van der Waals surface area contributed by atoms with Gasteiger partial charge >= 0.3 is 12.0 Å². The molecule has 110 valence electrons. The van der Waals surface area contributed by atoms with Crippen molar-refractivity contribution in [2.24, 2.45) is 5.41 Å². The Kier molecular flexibility index (Phi) is 5.60. The zero-order chi connectivity index (χ0) is 14.5. The second-order valence-electron chi connectivity index (χ2n) is 5.36. The predicted octanol–water partition coefficient (Wildman–Crippen LogP) is 1.31. The molecule has 1 fully saturated rings. The van der Waals surface area contributed by atoms with E-state index in [-0.39, 0.29) is 12.1 Å². The van der Waals surface area contributed by atoms with Crippen molar-refractivity contribution >= 4 is 12.0 Å². The molecule has 2 N–H and O–H groups in total. The average molecular weight is 272 g/mol. The summed E-state index contributed by atoms with van der Waals surface area (Å²) < 4.78 is 5.04. The maximum absolute atomic E-state index is 12.0. The number of aliphatic carboxylic acids is 1. The zero-order valence-corrected chi connectivity index (χ0v) is 11.9. The molecule has 1 aliphatic heterocycles. The number of nitrogens with zero attached hydrogens (tertiary/aromatic N) is 1. The number of rotatable bonds is 5. The number of methoxy groups -OCH3 is 1. The van der Waals surface area contributed by atoms with Crippen molar-refractivity contribution in [2.45, 2.75) is 39.2 Å². The SMILES string of the molecule is CCC(COC)NC(=O)N1CCC(C)(C(=O)O)CC1. The summed E-state index contributed by atoms with van der Waals surface area (Å²) in [6.45, 7) is 5.19. The molecular formula is C13H24N2O4. The number of urea groups is 1. The van der Waals surface area contributed by atoms with Gasteiger partial charge in [0.25, 0.3) is 0 Å². The fraction of sp³-hybridized carbons (Fsp3) is 0.846. The molecule has 6 nitrogen and oxygen atoms in total. The van der Waals surface area contributed by atoms with E-state index in [0.29, 0.717) is 32.5 Å². The molecule has 0 aromatic rings. The third kappa shape index (κ3) is 4.09. The molecular weight excluding hydrogens is 248 g/mol. The summed E-state index contributed by atoms with van der Waals surface area (Å²) in [5.74, 6) is -0.779. The van der Waals surface area contributed by atoms with Gasteiger partial charge in [-0.1, -0.05) is 6.92 Å². The predicted molar refractivity (Wildman–Crippen MR) is 71.0 cm³/mol. The quantitative estimate of drug-likeness (QED) is 0.791. The van der Waals surface area contributed by atoms with E-state index in [9.17, 15) is 9.59 Å². The molecule has 0 aromatic carbocycles. The molecule has 1 aliphatic rings. The fourth-order valence-corrected chi connectivity index (χ4v) is 2.15.